The van der Waals surface area contributed by atoms with Gasteiger partial charge in [0.25, 0.3) is 0 Å². The summed E-state index contributed by atoms with van der Waals surface area (Å²) in [6.07, 6.45) is -7.95. The number of carbonyl (C=O) groups excluding carboxylic acids is 1. The molecule has 0 heterocycles. The fraction of sp³-hybridized carbons (Fsp3) is 0.417. The summed E-state index contributed by atoms with van der Waals surface area (Å²) in [5.74, 6) is -0.206. The number of nitrogen functional groups attached to an aromatic ring is 1. The second-order valence-corrected chi connectivity index (χ2v) is 5.36. The van der Waals surface area contributed by atoms with Gasteiger partial charge in [0.05, 0.1) is 11.7 Å². The van der Waals surface area contributed by atoms with Crippen molar-refractivity contribution in [3.63, 3.8) is 0 Å². The smallest absolute Gasteiger partial charge is 0.399 e. The standard InChI is InChI=1S/C12H14F3NO3S/c1-6(17)20-5-10(18)11(19)8-4-7(16)2-3-9(8)12(13,14)15/h2-4,10-11,18-19H,5,16H2,1H3. The van der Waals surface area contributed by atoms with E-state index < -0.39 is 29.5 Å². The first kappa shape index (κ1) is 16.8. The number of alkyl halides is 3. The second kappa shape index (κ2) is 6.47. The highest BCUT2D eigenvalue weighted by atomic mass is 32.2. The van der Waals surface area contributed by atoms with E-state index in [2.05, 4.69) is 0 Å². The van der Waals surface area contributed by atoms with E-state index in [1.54, 1.807) is 0 Å². The minimum absolute atomic E-state index is 0.0403. The Morgan fingerprint density at radius 3 is 2.50 bits per heavy atom. The molecule has 0 bridgehead atoms. The minimum Gasteiger partial charge on any atom is -0.399 e. The Labute approximate surface area is 117 Å². The summed E-state index contributed by atoms with van der Waals surface area (Å²) < 4.78 is 38.5. The van der Waals surface area contributed by atoms with Crippen LogP contribution in [0.15, 0.2) is 18.2 Å². The van der Waals surface area contributed by atoms with Gasteiger partial charge in [-0.2, -0.15) is 13.2 Å². The molecule has 0 aliphatic rings. The number of nitrogens with two attached hydrogens (primary N) is 1. The van der Waals surface area contributed by atoms with Gasteiger partial charge in [0, 0.05) is 18.4 Å². The number of anilines is 1. The average molecular weight is 309 g/mol. The van der Waals surface area contributed by atoms with E-state index in [1.165, 1.54) is 6.92 Å². The molecule has 0 radical (unpaired) electrons. The first-order chi connectivity index (χ1) is 9.12. The number of carbonyl (C=O) groups is 1. The first-order valence-electron chi connectivity index (χ1n) is 5.59. The van der Waals surface area contributed by atoms with Gasteiger partial charge in [-0.05, 0) is 23.8 Å². The molecule has 0 aromatic heterocycles. The van der Waals surface area contributed by atoms with E-state index >= 15 is 0 Å². The van der Waals surface area contributed by atoms with Gasteiger partial charge in [-0.1, -0.05) is 11.8 Å². The molecule has 1 rings (SSSR count). The Balaban J connectivity index is 3.04. The highest BCUT2D eigenvalue weighted by Crippen LogP contribution is 2.36. The summed E-state index contributed by atoms with van der Waals surface area (Å²) in [5, 5.41) is 19.2. The van der Waals surface area contributed by atoms with Gasteiger partial charge in [-0.3, -0.25) is 4.79 Å². The van der Waals surface area contributed by atoms with Crippen LogP contribution in [0.25, 0.3) is 0 Å². The second-order valence-electron chi connectivity index (χ2n) is 4.16. The Hall–Kier alpha value is -1.25. The van der Waals surface area contributed by atoms with Crippen molar-refractivity contribution in [2.75, 3.05) is 11.5 Å². The SMILES string of the molecule is CC(=O)SCC(O)C(O)c1cc(N)ccc1C(F)(F)F. The summed E-state index contributed by atoms with van der Waals surface area (Å²) in [5.41, 5.74) is 3.88. The molecule has 0 saturated heterocycles. The van der Waals surface area contributed by atoms with E-state index in [9.17, 15) is 28.2 Å². The molecule has 1 aromatic carbocycles. The molecule has 0 amide bonds. The van der Waals surface area contributed by atoms with Crippen molar-refractivity contribution < 1.29 is 28.2 Å². The van der Waals surface area contributed by atoms with Crippen molar-refractivity contribution >= 4 is 22.6 Å². The third-order valence-corrected chi connectivity index (χ3v) is 3.44. The summed E-state index contributed by atoms with van der Waals surface area (Å²) in [4.78, 5) is 10.8. The van der Waals surface area contributed by atoms with Crippen LogP contribution < -0.4 is 5.73 Å². The van der Waals surface area contributed by atoms with Gasteiger partial charge >= 0.3 is 6.18 Å². The van der Waals surface area contributed by atoms with Crippen LogP contribution in [0.2, 0.25) is 0 Å². The monoisotopic (exact) mass is 309 g/mol. The van der Waals surface area contributed by atoms with Crippen LogP contribution in [0.4, 0.5) is 18.9 Å². The van der Waals surface area contributed by atoms with E-state index in [4.69, 9.17) is 5.73 Å². The van der Waals surface area contributed by atoms with Crippen LogP contribution >= 0.6 is 11.8 Å². The van der Waals surface area contributed by atoms with Crippen LogP contribution in [0.3, 0.4) is 0 Å². The molecular formula is C12H14F3NO3S. The summed E-state index contributed by atoms with van der Waals surface area (Å²) in [6, 6.07) is 2.78. The van der Waals surface area contributed by atoms with Gasteiger partial charge in [0.2, 0.25) is 0 Å². The van der Waals surface area contributed by atoms with Gasteiger partial charge < -0.3 is 15.9 Å². The van der Waals surface area contributed by atoms with Crippen LogP contribution in [0.1, 0.15) is 24.2 Å². The molecule has 8 heteroatoms. The number of halogens is 3. The Morgan fingerprint density at radius 1 is 1.40 bits per heavy atom. The lowest BCUT2D eigenvalue weighted by Crippen LogP contribution is -2.24. The van der Waals surface area contributed by atoms with Crippen LogP contribution in [0, 0.1) is 0 Å². The van der Waals surface area contributed by atoms with Gasteiger partial charge in [-0.15, -0.1) is 0 Å². The maximum atomic E-state index is 12.8. The molecule has 112 valence electrons. The number of aliphatic hydroxyl groups excluding tert-OH is 2. The Kier molecular flexibility index (Phi) is 5.43. The third kappa shape index (κ3) is 4.39. The van der Waals surface area contributed by atoms with Crippen molar-refractivity contribution in [2.24, 2.45) is 0 Å². The number of hydrogen-bond donors (Lipinski definition) is 3. The van der Waals surface area contributed by atoms with Gasteiger partial charge in [0.15, 0.2) is 5.12 Å². The number of thioether (sulfide) groups is 1. The van der Waals surface area contributed by atoms with Crippen molar-refractivity contribution in [1.29, 1.82) is 0 Å². The lowest BCUT2D eigenvalue weighted by Gasteiger charge is -2.21. The maximum Gasteiger partial charge on any atom is 0.416 e. The molecule has 20 heavy (non-hydrogen) atoms. The molecule has 0 fully saturated rings. The zero-order valence-electron chi connectivity index (χ0n) is 10.5. The molecule has 2 unspecified atom stereocenters. The van der Waals surface area contributed by atoms with Crippen LogP contribution in [-0.2, 0) is 11.0 Å². The quantitative estimate of drug-likeness (QED) is 0.741. The number of aliphatic hydroxyl groups is 2. The highest BCUT2D eigenvalue weighted by molar-refractivity contribution is 8.13. The Morgan fingerprint density at radius 2 is 2.00 bits per heavy atom. The van der Waals surface area contributed by atoms with Crippen molar-refractivity contribution in [2.45, 2.75) is 25.3 Å². The van der Waals surface area contributed by atoms with Crippen molar-refractivity contribution in [1.82, 2.24) is 0 Å². The highest BCUT2D eigenvalue weighted by Gasteiger charge is 2.36. The normalized spacial score (nSPS) is 14.9. The zero-order chi connectivity index (χ0) is 15.5. The van der Waals surface area contributed by atoms with Crippen molar-refractivity contribution in [3.05, 3.63) is 29.3 Å². The summed E-state index contributed by atoms with van der Waals surface area (Å²) in [6.45, 7) is 1.26. The van der Waals surface area contributed by atoms with Crippen LogP contribution in [-0.4, -0.2) is 27.2 Å². The molecule has 0 aliphatic heterocycles. The van der Waals surface area contributed by atoms with E-state index in [0.717, 1.165) is 30.0 Å². The third-order valence-electron chi connectivity index (χ3n) is 2.52. The van der Waals surface area contributed by atoms with E-state index in [1.807, 2.05) is 0 Å². The lowest BCUT2D eigenvalue weighted by molar-refractivity contribution is -0.139. The fourth-order valence-corrected chi connectivity index (χ4v) is 2.17. The van der Waals surface area contributed by atoms with E-state index in [0.29, 0.717) is 0 Å². The maximum absolute atomic E-state index is 12.8. The largest absolute Gasteiger partial charge is 0.416 e. The molecule has 1 aromatic rings. The summed E-state index contributed by atoms with van der Waals surface area (Å²) in [7, 11) is 0. The minimum atomic E-state index is -4.67. The van der Waals surface area contributed by atoms with E-state index in [-0.39, 0.29) is 16.6 Å². The number of rotatable bonds is 4. The topological polar surface area (TPSA) is 83.5 Å². The van der Waals surface area contributed by atoms with Crippen molar-refractivity contribution in [3.8, 4) is 0 Å². The van der Waals surface area contributed by atoms with Gasteiger partial charge in [-0.25, -0.2) is 0 Å². The van der Waals surface area contributed by atoms with Gasteiger partial charge in [0.1, 0.15) is 6.10 Å². The number of benzene rings is 1. The number of hydrogen-bond acceptors (Lipinski definition) is 5. The van der Waals surface area contributed by atoms with Crippen LogP contribution in [0.5, 0.6) is 0 Å². The molecular weight excluding hydrogens is 295 g/mol. The fourth-order valence-electron chi connectivity index (χ4n) is 1.59. The molecule has 0 saturated carbocycles. The Bertz CT molecular complexity index is 493. The zero-order valence-corrected chi connectivity index (χ0v) is 11.3. The molecule has 4 N–H and O–H groups in total. The summed E-state index contributed by atoms with van der Waals surface area (Å²) >= 11 is 0.719. The predicted molar refractivity (Wildman–Crippen MR) is 70.0 cm³/mol. The predicted octanol–water partition coefficient (Wildman–Crippen LogP) is 1.96. The molecule has 0 aliphatic carbocycles. The lowest BCUT2D eigenvalue weighted by atomic mass is 9.98. The molecule has 0 spiro atoms. The average Bonchev–Trinajstić information content (AvgIpc) is 2.33. The molecule has 2 atom stereocenters. The molecule has 4 nitrogen and oxygen atoms in total. The first-order valence-corrected chi connectivity index (χ1v) is 6.57.